The van der Waals surface area contributed by atoms with Gasteiger partial charge in [0.25, 0.3) is 5.91 Å². The topological polar surface area (TPSA) is 66.9 Å². The number of nitrogens with one attached hydrogen (secondary N) is 2. The van der Waals surface area contributed by atoms with E-state index in [1.165, 1.54) is 0 Å². The van der Waals surface area contributed by atoms with Gasteiger partial charge in [-0.1, -0.05) is 13.8 Å². The van der Waals surface area contributed by atoms with Crippen LogP contribution in [0.3, 0.4) is 0 Å². The first-order valence-corrected chi connectivity index (χ1v) is 6.29. The first-order chi connectivity index (χ1) is 8.38. The van der Waals surface area contributed by atoms with Crippen molar-refractivity contribution in [2.24, 2.45) is 5.92 Å². The molecule has 0 fully saturated rings. The smallest absolute Gasteiger partial charge is 0.270 e. The van der Waals surface area contributed by atoms with Gasteiger partial charge in [0.15, 0.2) is 0 Å². The quantitative estimate of drug-likeness (QED) is 0.838. The Balaban J connectivity index is 2.83. The summed E-state index contributed by atoms with van der Waals surface area (Å²) in [6, 6.07) is 1.79. The van der Waals surface area contributed by atoms with Crippen molar-refractivity contribution in [2.75, 3.05) is 11.9 Å². The summed E-state index contributed by atoms with van der Waals surface area (Å²) in [5, 5.41) is 5.95. The first kappa shape index (κ1) is 14.4. The van der Waals surface area contributed by atoms with E-state index < -0.39 is 0 Å². The average Bonchev–Trinajstić information content (AvgIpc) is 2.24. The van der Waals surface area contributed by atoms with Crippen LogP contribution >= 0.6 is 0 Å². The summed E-state index contributed by atoms with van der Waals surface area (Å²) < 4.78 is 0. The molecule has 1 aromatic heterocycles. The van der Waals surface area contributed by atoms with Gasteiger partial charge in [-0.15, -0.1) is 0 Å². The number of amides is 1. The number of carbonyl (C=O) groups excluding carboxylic acids is 1. The molecule has 0 radical (unpaired) electrons. The highest BCUT2D eigenvalue weighted by molar-refractivity contribution is 5.92. The SMILES string of the molecule is Cc1cc(C(=O)NC(C)C)nc(NCC(C)C)n1. The number of aromatic nitrogens is 2. The maximum atomic E-state index is 11.9. The normalized spacial score (nSPS) is 10.8. The van der Waals surface area contributed by atoms with Gasteiger partial charge >= 0.3 is 0 Å². The fraction of sp³-hybridized carbons (Fsp3) is 0.615. The third kappa shape index (κ3) is 4.69. The molecule has 0 aliphatic carbocycles. The van der Waals surface area contributed by atoms with E-state index in [1.807, 2.05) is 20.8 Å². The lowest BCUT2D eigenvalue weighted by Crippen LogP contribution is -2.31. The third-order valence-corrected chi connectivity index (χ3v) is 2.18. The van der Waals surface area contributed by atoms with E-state index in [1.54, 1.807) is 6.07 Å². The van der Waals surface area contributed by atoms with E-state index in [4.69, 9.17) is 0 Å². The third-order valence-electron chi connectivity index (χ3n) is 2.18. The maximum Gasteiger partial charge on any atom is 0.270 e. The monoisotopic (exact) mass is 250 g/mol. The summed E-state index contributed by atoms with van der Waals surface area (Å²) in [5.74, 6) is 0.850. The summed E-state index contributed by atoms with van der Waals surface area (Å²) >= 11 is 0. The van der Waals surface area contributed by atoms with Gasteiger partial charge in [-0.25, -0.2) is 9.97 Å². The number of carbonyl (C=O) groups is 1. The second kappa shape index (κ2) is 6.33. The molecule has 0 saturated heterocycles. The highest BCUT2D eigenvalue weighted by Gasteiger charge is 2.11. The molecule has 2 N–H and O–H groups in total. The van der Waals surface area contributed by atoms with Crippen molar-refractivity contribution in [3.63, 3.8) is 0 Å². The van der Waals surface area contributed by atoms with Gasteiger partial charge in [0.1, 0.15) is 5.69 Å². The van der Waals surface area contributed by atoms with Crippen LogP contribution in [-0.4, -0.2) is 28.5 Å². The van der Waals surface area contributed by atoms with E-state index in [2.05, 4.69) is 34.4 Å². The molecule has 0 spiro atoms. The summed E-state index contributed by atoms with van der Waals surface area (Å²) in [7, 11) is 0. The Morgan fingerprint density at radius 3 is 2.50 bits per heavy atom. The van der Waals surface area contributed by atoms with Gasteiger partial charge in [0.2, 0.25) is 5.95 Å². The van der Waals surface area contributed by atoms with Crippen molar-refractivity contribution < 1.29 is 4.79 Å². The first-order valence-electron chi connectivity index (χ1n) is 6.29. The molecule has 0 unspecified atom stereocenters. The largest absolute Gasteiger partial charge is 0.354 e. The minimum absolute atomic E-state index is 0.0971. The number of nitrogens with zero attached hydrogens (tertiary/aromatic N) is 2. The predicted molar refractivity (Wildman–Crippen MR) is 72.7 cm³/mol. The van der Waals surface area contributed by atoms with Crippen LogP contribution in [0.15, 0.2) is 6.07 Å². The number of anilines is 1. The lowest BCUT2D eigenvalue weighted by molar-refractivity contribution is 0.0938. The molecular weight excluding hydrogens is 228 g/mol. The van der Waals surface area contributed by atoms with Crippen LogP contribution in [0.5, 0.6) is 0 Å². The Hall–Kier alpha value is -1.65. The fourth-order valence-electron chi connectivity index (χ4n) is 1.40. The molecule has 5 heteroatoms. The minimum atomic E-state index is -0.164. The van der Waals surface area contributed by atoms with Crippen LogP contribution in [0, 0.1) is 12.8 Å². The fourth-order valence-corrected chi connectivity index (χ4v) is 1.40. The standard InChI is InChI=1S/C13H22N4O/c1-8(2)7-14-13-16-10(5)6-11(17-13)12(18)15-9(3)4/h6,8-9H,7H2,1-5H3,(H,15,18)(H,14,16,17). The number of hydrogen-bond donors (Lipinski definition) is 2. The lowest BCUT2D eigenvalue weighted by Gasteiger charge is -2.11. The van der Waals surface area contributed by atoms with Crippen LogP contribution < -0.4 is 10.6 Å². The van der Waals surface area contributed by atoms with Crippen molar-refractivity contribution in [3.8, 4) is 0 Å². The molecule has 1 amide bonds. The molecule has 18 heavy (non-hydrogen) atoms. The Morgan fingerprint density at radius 1 is 1.28 bits per heavy atom. The Kier molecular flexibility index (Phi) is 5.07. The maximum absolute atomic E-state index is 11.9. The van der Waals surface area contributed by atoms with Crippen molar-refractivity contribution in [3.05, 3.63) is 17.5 Å². The predicted octanol–water partition coefficient (Wildman–Crippen LogP) is 1.99. The summed E-state index contributed by atoms with van der Waals surface area (Å²) in [6.07, 6.45) is 0. The molecule has 1 rings (SSSR count). The molecule has 1 heterocycles. The van der Waals surface area contributed by atoms with Crippen molar-refractivity contribution >= 4 is 11.9 Å². The van der Waals surface area contributed by atoms with Gasteiger partial charge in [-0.05, 0) is 32.8 Å². The molecular formula is C13H22N4O. The highest BCUT2D eigenvalue weighted by Crippen LogP contribution is 2.06. The van der Waals surface area contributed by atoms with Gasteiger partial charge in [-0.3, -0.25) is 4.79 Å². The van der Waals surface area contributed by atoms with Crippen LogP contribution in [0.1, 0.15) is 43.9 Å². The van der Waals surface area contributed by atoms with E-state index in [9.17, 15) is 4.79 Å². The van der Waals surface area contributed by atoms with Gasteiger partial charge in [0.05, 0.1) is 0 Å². The Bertz CT molecular complexity index is 415. The zero-order valence-corrected chi connectivity index (χ0v) is 11.7. The van der Waals surface area contributed by atoms with Crippen LogP contribution in [-0.2, 0) is 0 Å². The molecule has 0 atom stereocenters. The summed E-state index contributed by atoms with van der Waals surface area (Å²) in [4.78, 5) is 20.4. The lowest BCUT2D eigenvalue weighted by atomic mass is 10.2. The number of rotatable bonds is 5. The number of aryl methyl sites for hydroxylation is 1. The van der Waals surface area contributed by atoms with Gasteiger partial charge in [0, 0.05) is 18.3 Å². The molecule has 0 bridgehead atoms. The van der Waals surface area contributed by atoms with Crippen molar-refractivity contribution in [1.82, 2.24) is 15.3 Å². The molecule has 1 aromatic rings. The second-order valence-electron chi connectivity index (χ2n) is 5.12. The van der Waals surface area contributed by atoms with Crippen LogP contribution in [0.4, 0.5) is 5.95 Å². The van der Waals surface area contributed by atoms with E-state index in [0.29, 0.717) is 17.6 Å². The highest BCUT2D eigenvalue weighted by atomic mass is 16.1. The van der Waals surface area contributed by atoms with Crippen LogP contribution in [0.2, 0.25) is 0 Å². The molecule has 0 saturated carbocycles. The van der Waals surface area contributed by atoms with E-state index in [0.717, 1.165) is 12.2 Å². The van der Waals surface area contributed by atoms with E-state index in [-0.39, 0.29) is 11.9 Å². The molecule has 5 nitrogen and oxygen atoms in total. The minimum Gasteiger partial charge on any atom is -0.354 e. The van der Waals surface area contributed by atoms with E-state index >= 15 is 0 Å². The molecule has 0 aliphatic rings. The molecule has 100 valence electrons. The number of hydrogen-bond acceptors (Lipinski definition) is 4. The van der Waals surface area contributed by atoms with Crippen LogP contribution in [0.25, 0.3) is 0 Å². The second-order valence-corrected chi connectivity index (χ2v) is 5.12. The van der Waals surface area contributed by atoms with Gasteiger partial charge in [-0.2, -0.15) is 0 Å². The zero-order chi connectivity index (χ0) is 13.7. The van der Waals surface area contributed by atoms with Crippen molar-refractivity contribution in [2.45, 2.75) is 40.7 Å². The Morgan fingerprint density at radius 2 is 1.94 bits per heavy atom. The summed E-state index contributed by atoms with van der Waals surface area (Å²) in [5.41, 5.74) is 1.19. The van der Waals surface area contributed by atoms with Crippen molar-refractivity contribution in [1.29, 1.82) is 0 Å². The van der Waals surface area contributed by atoms with Gasteiger partial charge < -0.3 is 10.6 Å². The molecule has 0 aromatic carbocycles. The summed E-state index contributed by atoms with van der Waals surface area (Å²) in [6.45, 7) is 10.7. The Labute approximate surface area is 108 Å². The molecule has 0 aliphatic heterocycles. The average molecular weight is 250 g/mol. The zero-order valence-electron chi connectivity index (χ0n) is 11.7.